The summed E-state index contributed by atoms with van der Waals surface area (Å²) in [5.74, 6) is -2.04. The molecule has 0 radical (unpaired) electrons. The summed E-state index contributed by atoms with van der Waals surface area (Å²) >= 11 is 0. The number of amides is 1. The Labute approximate surface area is 168 Å². The summed E-state index contributed by atoms with van der Waals surface area (Å²) in [6, 6.07) is 10.5. The Kier molecular flexibility index (Phi) is 7.46. The van der Waals surface area contributed by atoms with E-state index in [2.05, 4.69) is 10.2 Å². The van der Waals surface area contributed by atoms with E-state index < -0.39 is 23.6 Å². The molecule has 5 nitrogen and oxygen atoms in total. The smallest absolute Gasteiger partial charge is 0.244 e. The highest BCUT2D eigenvalue weighted by molar-refractivity contribution is 5.92. The number of aliphatic hydroxyl groups excluding tert-OH is 1. The molecule has 0 unspecified atom stereocenters. The second kappa shape index (κ2) is 10.2. The lowest BCUT2D eigenvalue weighted by atomic mass is 10.0. The third-order valence-electron chi connectivity index (χ3n) is 4.76. The molecule has 1 fully saturated rings. The van der Waals surface area contributed by atoms with Crippen LogP contribution in [0.1, 0.15) is 22.7 Å². The number of hydrogen-bond acceptors (Lipinski definition) is 4. The van der Waals surface area contributed by atoms with Gasteiger partial charge >= 0.3 is 0 Å². The fraction of sp³-hybridized carbons (Fsp3) is 0.318. The zero-order valence-corrected chi connectivity index (χ0v) is 16.0. The number of aliphatic hydroxyl groups is 1. The van der Waals surface area contributed by atoms with E-state index in [4.69, 9.17) is 4.74 Å². The van der Waals surface area contributed by atoms with Gasteiger partial charge in [-0.15, -0.1) is 0 Å². The molecule has 2 N–H and O–H groups in total. The maximum atomic E-state index is 13.7. The molecule has 0 saturated carbocycles. The van der Waals surface area contributed by atoms with Crippen LogP contribution >= 0.6 is 0 Å². The number of rotatable bonds is 7. The van der Waals surface area contributed by atoms with Crippen molar-refractivity contribution in [3.63, 3.8) is 0 Å². The molecule has 154 valence electrons. The lowest BCUT2D eigenvalue weighted by Gasteiger charge is -2.27. The second-order valence-corrected chi connectivity index (χ2v) is 6.85. The van der Waals surface area contributed by atoms with E-state index in [-0.39, 0.29) is 12.2 Å². The molecule has 1 amide bonds. The number of nitrogens with one attached hydrogen (secondary N) is 1. The predicted molar refractivity (Wildman–Crippen MR) is 106 cm³/mol. The number of ether oxygens (including phenoxy) is 1. The van der Waals surface area contributed by atoms with E-state index in [1.807, 2.05) is 24.3 Å². The maximum Gasteiger partial charge on any atom is 0.244 e. The van der Waals surface area contributed by atoms with Crippen LogP contribution in [0.3, 0.4) is 0 Å². The van der Waals surface area contributed by atoms with Gasteiger partial charge in [0.2, 0.25) is 5.91 Å². The van der Waals surface area contributed by atoms with Crippen LogP contribution in [0.5, 0.6) is 0 Å². The topological polar surface area (TPSA) is 61.8 Å². The predicted octanol–water partition coefficient (Wildman–Crippen LogP) is 2.66. The molecule has 1 saturated heterocycles. The van der Waals surface area contributed by atoms with E-state index in [0.29, 0.717) is 13.2 Å². The van der Waals surface area contributed by atoms with Crippen molar-refractivity contribution in [2.75, 3.05) is 32.9 Å². The molecular formula is C22H24F2N2O3. The summed E-state index contributed by atoms with van der Waals surface area (Å²) < 4.78 is 32.7. The van der Waals surface area contributed by atoms with Crippen molar-refractivity contribution in [3.05, 3.63) is 76.9 Å². The molecular weight excluding hydrogens is 378 g/mol. The van der Waals surface area contributed by atoms with E-state index in [1.165, 1.54) is 6.07 Å². The zero-order chi connectivity index (χ0) is 20.6. The Morgan fingerprint density at radius 3 is 2.55 bits per heavy atom. The van der Waals surface area contributed by atoms with Gasteiger partial charge in [-0.3, -0.25) is 9.69 Å². The Hall–Kier alpha value is -2.61. The van der Waals surface area contributed by atoms with Crippen LogP contribution < -0.4 is 5.32 Å². The molecule has 7 heteroatoms. The number of benzene rings is 2. The summed E-state index contributed by atoms with van der Waals surface area (Å²) in [7, 11) is 0. The van der Waals surface area contributed by atoms with Gasteiger partial charge in [0.25, 0.3) is 0 Å². The zero-order valence-electron chi connectivity index (χ0n) is 16.0. The first kappa shape index (κ1) is 21.1. The van der Waals surface area contributed by atoms with Gasteiger partial charge in [-0.25, -0.2) is 8.78 Å². The van der Waals surface area contributed by atoms with Gasteiger partial charge in [0.05, 0.1) is 25.9 Å². The van der Waals surface area contributed by atoms with Gasteiger partial charge in [-0.05, 0) is 29.3 Å². The first-order valence-corrected chi connectivity index (χ1v) is 9.49. The van der Waals surface area contributed by atoms with Crippen molar-refractivity contribution in [1.29, 1.82) is 0 Å². The lowest BCUT2D eigenvalue weighted by Crippen LogP contribution is -2.35. The molecule has 1 heterocycles. The second-order valence-electron chi connectivity index (χ2n) is 6.85. The molecule has 29 heavy (non-hydrogen) atoms. The minimum atomic E-state index is -0.747. The molecule has 0 aromatic heterocycles. The fourth-order valence-corrected chi connectivity index (χ4v) is 3.21. The molecule has 1 aliphatic rings. The monoisotopic (exact) mass is 402 g/mol. The van der Waals surface area contributed by atoms with E-state index in [9.17, 15) is 18.7 Å². The number of carbonyl (C=O) groups is 1. The van der Waals surface area contributed by atoms with Crippen molar-refractivity contribution in [1.82, 2.24) is 10.2 Å². The largest absolute Gasteiger partial charge is 0.394 e. The third kappa shape index (κ3) is 5.93. The van der Waals surface area contributed by atoms with Crippen LogP contribution in [0.4, 0.5) is 8.78 Å². The number of carbonyl (C=O) groups excluding carboxylic acids is 1. The van der Waals surface area contributed by atoms with Crippen LogP contribution in [-0.2, 0) is 16.1 Å². The van der Waals surface area contributed by atoms with Gasteiger partial charge in [-0.2, -0.15) is 0 Å². The molecule has 0 bridgehead atoms. The van der Waals surface area contributed by atoms with Gasteiger partial charge < -0.3 is 15.2 Å². The van der Waals surface area contributed by atoms with Crippen molar-refractivity contribution in [2.45, 2.75) is 12.6 Å². The Balaban J connectivity index is 1.65. The van der Waals surface area contributed by atoms with E-state index in [1.54, 1.807) is 0 Å². The summed E-state index contributed by atoms with van der Waals surface area (Å²) in [4.78, 5) is 14.5. The number of morpholine rings is 1. The Morgan fingerprint density at radius 1 is 1.17 bits per heavy atom. The molecule has 2 aromatic carbocycles. The van der Waals surface area contributed by atoms with Gasteiger partial charge in [0, 0.05) is 31.3 Å². The lowest BCUT2D eigenvalue weighted by molar-refractivity contribution is -0.117. The Bertz CT molecular complexity index is 847. The number of nitrogens with zero attached hydrogens (tertiary/aromatic N) is 1. The van der Waals surface area contributed by atoms with Crippen LogP contribution in [0.15, 0.2) is 48.5 Å². The van der Waals surface area contributed by atoms with Crippen molar-refractivity contribution < 1.29 is 23.4 Å². The minimum absolute atomic E-state index is 0.282. The summed E-state index contributed by atoms with van der Waals surface area (Å²) in [5.41, 5.74) is 1.55. The van der Waals surface area contributed by atoms with Crippen LogP contribution in [0.2, 0.25) is 0 Å². The minimum Gasteiger partial charge on any atom is -0.394 e. The van der Waals surface area contributed by atoms with Crippen LogP contribution in [0, 0.1) is 11.6 Å². The highest BCUT2D eigenvalue weighted by atomic mass is 19.1. The standard InChI is InChI=1S/C22H24F2N2O3/c23-19-5-2-6-20(24)18(19)7-8-22(28)25-21(15-27)17-4-1-3-16(13-17)14-26-9-11-29-12-10-26/h1-8,13,21,27H,9-12,14-15H2,(H,25,28)/t21-/m1/s1. The van der Waals surface area contributed by atoms with E-state index in [0.717, 1.165) is 55.0 Å². The molecule has 3 rings (SSSR count). The normalized spacial score (nSPS) is 16.1. The number of halogens is 2. The molecule has 0 aliphatic carbocycles. The molecule has 0 spiro atoms. The third-order valence-corrected chi connectivity index (χ3v) is 4.76. The highest BCUT2D eigenvalue weighted by Crippen LogP contribution is 2.17. The van der Waals surface area contributed by atoms with Crippen molar-refractivity contribution in [3.8, 4) is 0 Å². The summed E-state index contributed by atoms with van der Waals surface area (Å²) in [6.07, 6.45) is 2.14. The van der Waals surface area contributed by atoms with Crippen molar-refractivity contribution >= 4 is 12.0 Å². The van der Waals surface area contributed by atoms with Gasteiger partial charge in [0.15, 0.2) is 0 Å². The van der Waals surface area contributed by atoms with Crippen molar-refractivity contribution in [2.24, 2.45) is 0 Å². The van der Waals surface area contributed by atoms with Crippen LogP contribution in [0.25, 0.3) is 6.08 Å². The van der Waals surface area contributed by atoms with E-state index >= 15 is 0 Å². The average molecular weight is 402 g/mol. The van der Waals surface area contributed by atoms with Crippen LogP contribution in [-0.4, -0.2) is 48.8 Å². The van der Waals surface area contributed by atoms with Gasteiger partial charge in [0.1, 0.15) is 11.6 Å². The van der Waals surface area contributed by atoms with Gasteiger partial charge in [-0.1, -0.05) is 30.3 Å². The SMILES string of the molecule is O=C(C=Cc1c(F)cccc1F)N[C@H](CO)c1cccc(CN2CCOCC2)c1. The summed E-state index contributed by atoms with van der Waals surface area (Å²) in [5, 5.41) is 12.4. The highest BCUT2D eigenvalue weighted by Gasteiger charge is 2.15. The summed E-state index contributed by atoms with van der Waals surface area (Å²) in [6.45, 7) is 3.61. The molecule has 1 aliphatic heterocycles. The fourth-order valence-electron chi connectivity index (χ4n) is 3.21. The Morgan fingerprint density at radius 2 is 1.86 bits per heavy atom. The number of hydrogen-bond donors (Lipinski definition) is 2. The first-order chi connectivity index (χ1) is 14.1. The average Bonchev–Trinajstić information content (AvgIpc) is 2.72. The molecule has 1 atom stereocenters. The maximum absolute atomic E-state index is 13.7. The quantitative estimate of drug-likeness (QED) is 0.699. The molecule has 2 aromatic rings. The first-order valence-electron chi connectivity index (χ1n) is 9.49.